The summed E-state index contributed by atoms with van der Waals surface area (Å²) >= 11 is 0. The summed E-state index contributed by atoms with van der Waals surface area (Å²) < 4.78 is 13.5. The fraction of sp³-hybridized carbons (Fsp3) is 0.125. The van der Waals surface area contributed by atoms with E-state index < -0.39 is 0 Å². The average molecular weight is 283 g/mol. The molecule has 2 N–H and O–H groups in total. The van der Waals surface area contributed by atoms with Crippen LogP contribution in [0.1, 0.15) is 21.6 Å². The van der Waals surface area contributed by atoms with Gasteiger partial charge in [-0.2, -0.15) is 5.10 Å². The molecule has 0 atom stereocenters. The van der Waals surface area contributed by atoms with E-state index in [2.05, 4.69) is 15.5 Å². The molecule has 0 saturated heterocycles. The van der Waals surface area contributed by atoms with Crippen molar-refractivity contribution in [1.29, 1.82) is 0 Å². The maximum atomic E-state index is 13.5. The molecule has 2 aromatic carbocycles. The normalized spacial score (nSPS) is 10.8. The Labute approximate surface area is 121 Å². The number of nitrogens with zero attached hydrogens (tertiary/aromatic N) is 1. The number of nitrogens with one attached hydrogen (secondary N) is 2. The summed E-state index contributed by atoms with van der Waals surface area (Å²) in [5, 5.41) is 10.6. The fourth-order valence-corrected chi connectivity index (χ4v) is 2.20. The molecule has 1 heterocycles. The van der Waals surface area contributed by atoms with E-state index >= 15 is 0 Å². The monoisotopic (exact) mass is 283 g/mol. The maximum Gasteiger partial charge on any atom is 0.251 e. The van der Waals surface area contributed by atoms with Crippen LogP contribution < -0.4 is 5.32 Å². The van der Waals surface area contributed by atoms with Gasteiger partial charge in [0.1, 0.15) is 5.82 Å². The Morgan fingerprint density at radius 2 is 2.10 bits per heavy atom. The van der Waals surface area contributed by atoms with Crippen molar-refractivity contribution in [3.8, 4) is 0 Å². The highest BCUT2D eigenvalue weighted by molar-refractivity contribution is 5.98. The third-order valence-electron chi connectivity index (χ3n) is 3.40. The van der Waals surface area contributed by atoms with Gasteiger partial charge in [0.2, 0.25) is 0 Å². The van der Waals surface area contributed by atoms with Crippen LogP contribution in [0, 0.1) is 12.7 Å². The maximum absolute atomic E-state index is 13.5. The van der Waals surface area contributed by atoms with Crippen LogP contribution in [0.5, 0.6) is 0 Å². The molecule has 0 radical (unpaired) electrons. The second kappa shape index (κ2) is 5.36. The van der Waals surface area contributed by atoms with Crippen molar-refractivity contribution >= 4 is 16.8 Å². The molecule has 0 aliphatic rings. The Bertz CT molecular complexity index is 810. The highest BCUT2D eigenvalue weighted by Crippen LogP contribution is 2.17. The highest BCUT2D eigenvalue weighted by atomic mass is 19.1. The van der Waals surface area contributed by atoms with Crippen LogP contribution in [0.4, 0.5) is 4.39 Å². The molecule has 1 amide bonds. The Hall–Kier alpha value is -2.69. The Morgan fingerprint density at radius 1 is 1.29 bits per heavy atom. The quantitative estimate of drug-likeness (QED) is 0.776. The lowest BCUT2D eigenvalue weighted by molar-refractivity contribution is 0.0950. The van der Waals surface area contributed by atoms with Crippen molar-refractivity contribution in [2.24, 2.45) is 0 Å². The lowest BCUT2D eigenvalue weighted by atomic mass is 10.1. The lowest BCUT2D eigenvalue weighted by Crippen LogP contribution is -2.23. The van der Waals surface area contributed by atoms with Crippen molar-refractivity contribution in [1.82, 2.24) is 15.5 Å². The van der Waals surface area contributed by atoms with Gasteiger partial charge in [0.15, 0.2) is 0 Å². The standard InChI is InChI=1S/C16H14FN3O/c1-10-13-8-11(6-7-15(13)20-19-10)16(21)18-9-12-4-2-3-5-14(12)17/h2-8H,9H2,1H3,(H,18,21)(H,19,20). The number of carbonyl (C=O) groups excluding carboxylic acids is 1. The first kappa shape index (κ1) is 13.3. The molecule has 0 unspecified atom stereocenters. The van der Waals surface area contributed by atoms with Gasteiger partial charge in [-0.25, -0.2) is 4.39 Å². The number of amides is 1. The smallest absolute Gasteiger partial charge is 0.251 e. The average Bonchev–Trinajstić information content (AvgIpc) is 2.87. The van der Waals surface area contributed by atoms with Gasteiger partial charge in [0.05, 0.1) is 5.52 Å². The van der Waals surface area contributed by atoms with Gasteiger partial charge in [-0.05, 0) is 31.2 Å². The van der Waals surface area contributed by atoms with Gasteiger partial charge in [0, 0.05) is 28.8 Å². The van der Waals surface area contributed by atoms with Gasteiger partial charge in [0.25, 0.3) is 5.91 Å². The van der Waals surface area contributed by atoms with E-state index in [1.807, 2.05) is 6.92 Å². The molecule has 0 bridgehead atoms. The largest absolute Gasteiger partial charge is 0.348 e. The van der Waals surface area contributed by atoms with Crippen LogP contribution in [0.3, 0.4) is 0 Å². The Morgan fingerprint density at radius 3 is 2.90 bits per heavy atom. The summed E-state index contributed by atoms with van der Waals surface area (Å²) in [4.78, 5) is 12.1. The van der Waals surface area contributed by atoms with Gasteiger partial charge in [-0.1, -0.05) is 18.2 Å². The van der Waals surface area contributed by atoms with Crippen molar-refractivity contribution < 1.29 is 9.18 Å². The van der Waals surface area contributed by atoms with Crippen molar-refractivity contribution in [2.45, 2.75) is 13.5 Å². The zero-order valence-electron chi connectivity index (χ0n) is 11.5. The molecule has 3 aromatic rings. The number of hydrogen-bond acceptors (Lipinski definition) is 2. The lowest BCUT2D eigenvalue weighted by Gasteiger charge is -2.06. The number of aromatic nitrogens is 2. The Kier molecular flexibility index (Phi) is 3.39. The summed E-state index contributed by atoms with van der Waals surface area (Å²) in [5.41, 5.74) is 2.72. The first-order valence-corrected chi connectivity index (χ1v) is 6.61. The number of aryl methyl sites for hydroxylation is 1. The third kappa shape index (κ3) is 2.63. The molecule has 0 saturated carbocycles. The van der Waals surface area contributed by atoms with Gasteiger partial charge in [-0.15, -0.1) is 0 Å². The summed E-state index contributed by atoms with van der Waals surface area (Å²) in [6.07, 6.45) is 0. The van der Waals surface area contributed by atoms with E-state index in [1.165, 1.54) is 6.07 Å². The van der Waals surface area contributed by atoms with Gasteiger partial charge >= 0.3 is 0 Å². The molecular weight excluding hydrogens is 269 g/mol. The number of rotatable bonds is 3. The number of halogens is 1. The summed E-state index contributed by atoms with van der Waals surface area (Å²) in [7, 11) is 0. The fourth-order valence-electron chi connectivity index (χ4n) is 2.20. The van der Waals surface area contributed by atoms with E-state index in [0.29, 0.717) is 11.1 Å². The van der Waals surface area contributed by atoms with Crippen LogP contribution >= 0.6 is 0 Å². The predicted molar refractivity (Wildman–Crippen MR) is 78.4 cm³/mol. The first-order valence-electron chi connectivity index (χ1n) is 6.61. The number of aromatic amines is 1. The van der Waals surface area contributed by atoms with Crippen LogP contribution in [0.25, 0.3) is 10.9 Å². The molecule has 1 aromatic heterocycles. The summed E-state index contributed by atoms with van der Waals surface area (Å²) in [5.74, 6) is -0.556. The first-order chi connectivity index (χ1) is 10.1. The number of benzene rings is 2. The van der Waals surface area contributed by atoms with Crippen LogP contribution in [-0.4, -0.2) is 16.1 Å². The molecule has 4 nitrogen and oxygen atoms in total. The molecule has 5 heteroatoms. The summed E-state index contributed by atoms with van der Waals surface area (Å²) in [6.45, 7) is 2.06. The number of fused-ring (bicyclic) bond motifs is 1. The molecule has 0 aliphatic carbocycles. The molecule has 0 aliphatic heterocycles. The number of H-pyrrole nitrogens is 1. The molecule has 3 rings (SSSR count). The topological polar surface area (TPSA) is 57.8 Å². The summed E-state index contributed by atoms with van der Waals surface area (Å²) in [6, 6.07) is 11.7. The minimum atomic E-state index is -0.320. The Balaban J connectivity index is 1.78. The SMILES string of the molecule is Cc1[nH]nc2ccc(C(=O)NCc3ccccc3F)cc12. The van der Waals surface area contributed by atoms with E-state index in [4.69, 9.17) is 0 Å². The minimum Gasteiger partial charge on any atom is -0.348 e. The van der Waals surface area contributed by atoms with E-state index in [1.54, 1.807) is 36.4 Å². The molecule has 21 heavy (non-hydrogen) atoms. The van der Waals surface area contributed by atoms with Crippen molar-refractivity contribution in [3.05, 3.63) is 65.1 Å². The van der Waals surface area contributed by atoms with Crippen LogP contribution in [0.15, 0.2) is 42.5 Å². The van der Waals surface area contributed by atoms with E-state index in [-0.39, 0.29) is 18.3 Å². The number of hydrogen-bond donors (Lipinski definition) is 2. The van der Waals surface area contributed by atoms with Gasteiger partial charge in [-0.3, -0.25) is 9.89 Å². The molecular formula is C16H14FN3O. The highest BCUT2D eigenvalue weighted by Gasteiger charge is 2.09. The zero-order chi connectivity index (χ0) is 14.8. The van der Waals surface area contributed by atoms with Gasteiger partial charge < -0.3 is 5.32 Å². The second-order valence-electron chi connectivity index (χ2n) is 4.85. The molecule has 0 fully saturated rings. The predicted octanol–water partition coefficient (Wildman–Crippen LogP) is 2.94. The van der Waals surface area contributed by atoms with Crippen LogP contribution in [0.2, 0.25) is 0 Å². The number of carbonyl (C=O) groups is 1. The molecule has 106 valence electrons. The van der Waals surface area contributed by atoms with E-state index in [9.17, 15) is 9.18 Å². The van der Waals surface area contributed by atoms with E-state index in [0.717, 1.165) is 16.6 Å². The third-order valence-corrected chi connectivity index (χ3v) is 3.40. The minimum absolute atomic E-state index is 0.161. The van der Waals surface area contributed by atoms with Crippen molar-refractivity contribution in [3.63, 3.8) is 0 Å². The molecule has 0 spiro atoms. The zero-order valence-corrected chi connectivity index (χ0v) is 11.5. The second-order valence-corrected chi connectivity index (χ2v) is 4.85. The van der Waals surface area contributed by atoms with Crippen molar-refractivity contribution in [2.75, 3.05) is 0 Å². The van der Waals surface area contributed by atoms with Crippen LogP contribution in [-0.2, 0) is 6.54 Å².